The van der Waals surface area contributed by atoms with E-state index >= 15 is 0 Å². The number of hydrogen-bond acceptors (Lipinski definition) is 6. The third-order valence-electron chi connectivity index (χ3n) is 3.82. The molecule has 0 unspecified atom stereocenters. The number of anilines is 1. The fourth-order valence-electron chi connectivity index (χ4n) is 2.48. The summed E-state index contributed by atoms with van der Waals surface area (Å²) in [6.45, 7) is 4.95. The van der Waals surface area contributed by atoms with Crippen molar-refractivity contribution >= 4 is 17.5 Å². The number of amides is 2. The van der Waals surface area contributed by atoms with E-state index in [0.717, 1.165) is 0 Å². The number of nitrogens with one attached hydrogen (secondary N) is 1. The number of hydrogen-bond donors (Lipinski definition) is 1. The molecule has 0 fully saturated rings. The first-order chi connectivity index (χ1) is 12.5. The molecule has 26 heavy (non-hydrogen) atoms. The Hall–Kier alpha value is -3.16. The molecule has 8 heteroatoms. The number of carbonyl (C=O) groups is 2. The van der Waals surface area contributed by atoms with Gasteiger partial charge in [0.15, 0.2) is 11.5 Å². The highest BCUT2D eigenvalue weighted by Gasteiger charge is 2.21. The van der Waals surface area contributed by atoms with Crippen molar-refractivity contribution in [1.29, 1.82) is 0 Å². The lowest BCUT2D eigenvalue weighted by atomic mass is 10.1. The topological polar surface area (TPSA) is 93.7 Å². The Labute approximate surface area is 152 Å². The summed E-state index contributed by atoms with van der Waals surface area (Å²) in [6.07, 6.45) is 4.25. The molecule has 0 aliphatic carbocycles. The van der Waals surface area contributed by atoms with Crippen LogP contribution in [0.1, 0.15) is 34.7 Å². The van der Waals surface area contributed by atoms with Crippen molar-refractivity contribution in [3.8, 4) is 11.5 Å². The van der Waals surface area contributed by atoms with Crippen molar-refractivity contribution in [3.05, 3.63) is 42.0 Å². The minimum absolute atomic E-state index is 0.147. The van der Waals surface area contributed by atoms with Crippen LogP contribution < -0.4 is 14.8 Å². The molecule has 2 rings (SSSR count). The van der Waals surface area contributed by atoms with Crippen molar-refractivity contribution in [3.63, 3.8) is 0 Å². The molecule has 0 radical (unpaired) electrons. The molecule has 1 aromatic carbocycles. The second-order valence-corrected chi connectivity index (χ2v) is 5.28. The maximum Gasteiger partial charge on any atom is 0.275 e. The number of ether oxygens (including phenoxy) is 2. The first kappa shape index (κ1) is 19.2. The second-order valence-electron chi connectivity index (χ2n) is 5.28. The van der Waals surface area contributed by atoms with E-state index in [4.69, 9.17) is 9.47 Å². The van der Waals surface area contributed by atoms with E-state index in [0.29, 0.717) is 35.8 Å². The van der Waals surface area contributed by atoms with Gasteiger partial charge in [-0.15, -0.1) is 0 Å². The number of rotatable bonds is 7. The van der Waals surface area contributed by atoms with Crippen LogP contribution in [0.2, 0.25) is 0 Å². The molecule has 8 nitrogen and oxygen atoms in total. The van der Waals surface area contributed by atoms with Crippen LogP contribution in [-0.2, 0) is 0 Å². The van der Waals surface area contributed by atoms with Gasteiger partial charge in [-0.2, -0.15) is 0 Å². The molecule has 0 aliphatic rings. The van der Waals surface area contributed by atoms with Gasteiger partial charge in [-0.25, -0.2) is 4.98 Å². The zero-order valence-electron chi connectivity index (χ0n) is 15.3. The van der Waals surface area contributed by atoms with Gasteiger partial charge in [0.05, 0.1) is 26.1 Å². The Morgan fingerprint density at radius 1 is 1.12 bits per heavy atom. The van der Waals surface area contributed by atoms with E-state index in [9.17, 15) is 9.59 Å². The summed E-state index contributed by atoms with van der Waals surface area (Å²) >= 11 is 0. The van der Waals surface area contributed by atoms with Gasteiger partial charge < -0.3 is 19.7 Å². The molecule has 0 saturated carbocycles. The van der Waals surface area contributed by atoms with Crippen molar-refractivity contribution in [2.45, 2.75) is 13.8 Å². The number of benzene rings is 1. The van der Waals surface area contributed by atoms with Gasteiger partial charge in [0, 0.05) is 31.0 Å². The van der Waals surface area contributed by atoms with Gasteiger partial charge in [0.2, 0.25) is 0 Å². The molecule has 2 aromatic rings. The van der Waals surface area contributed by atoms with E-state index in [1.54, 1.807) is 17.0 Å². The van der Waals surface area contributed by atoms with Crippen LogP contribution >= 0.6 is 0 Å². The maximum atomic E-state index is 12.7. The van der Waals surface area contributed by atoms with Crippen molar-refractivity contribution in [1.82, 2.24) is 14.9 Å². The minimum Gasteiger partial charge on any atom is -0.493 e. The number of methoxy groups -OCH3 is 2. The van der Waals surface area contributed by atoms with E-state index < -0.39 is 5.91 Å². The van der Waals surface area contributed by atoms with E-state index in [-0.39, 0.29) is 11.6 Å². The maximum absolute atomic E-state index is 12.7. The fourth-order valence-corrected chi connectivity index (χ4v) is 2.48. The van der Waals surface area contributed by atoms with Crippen molar-refractivity contribution in [2.75, 3.05) is 32.6 Å². The lowest BCUT2D eigenvalue weighted by Crippen LogP contribution is -2.30. The van der Waals surface area contributed by atoms with E-state index in [1.807, 2.05) is 13.8 Å². The standard InChI is InChI=1S/C18H22N4O4/c1-5-22(6-2)18(24)12-9-13(16(26-4)15(10-12)25-3)21-17(23)14-11-19-7-8-20-14/h7-11H,5-6H2,1-4H3,(H,21,23). The highest BCUT2D eigenvalue weighted by atomic mass is 16.5. The van der Waals surface area contributed by atoms with Gasteiger partial charge in [-0.05, 0) is 26.0 Å². The smallest absolute Gasteiger partial charge is 0.275 e. The number of carbonyl (C=O) groups excluding carboxylic acids is 2. The minimum atomic E-state index is -0.467. The normalized spacial score (nSPS) is 10.2. The average Bonchev–Trinajstić information content (AvgIpc) is 2.68. The van der Waals surface area contributed by atoms with Gasteiger partial charge >= 0.3 is 0 Å². The summed E-state index contributed by atoms with van der Waals surface area (Å²) in [5.74, 6) is 0.0395. The first-order valence-corrected chi connectivity index (χ1v) is 8.18. The third kappa shape index (κ3) is 4.08. The van der Waals surface area contributed by atoms with E-state index in [2.05, 4.69) is 15.3 Å². The van der Waals surface area contributed by atoms with Crippen LogP contribution in [0.25, 0.3) is 0 Å². The molecule has 138 valence electrons. The Morgan fingerprint density at radius 2 is 1.85 bits per heavy atom. The zero-order valence-corrected chi connectivity index (χ0v) is 15.3. The highest BCUT2D eigenvalue weighted by molar-refractivity contribution is 6.05. The molecule has 2 amide bonds. The third-order valence-corrected chi connectivity index (χ3v) is 3.82. The van der Waals surface area contributed by atoms with Gasteiger partial charge in [-0.1, -0.05) is 0 Å². The van der Waals surface area contributed by atoms with Crippen LogP contribution in [-0.4, -0.2) is 54.0 Å². The molecule has 1 N–H and O–H groups in total. The molecule has 0 spiro atoms. The molecule has 0 aliphatic heterocycles. The predicted octanol–water partition coefficient (Wildman–Crippen LogP) is 2.23. The van der Waals surface area contributed by atoms with Gasteiger partial charge in [-0.3, -0.25) is 14.6 Å². The molecule has 0 bridgehead atoms. The van der Waals surface area contributed by atoms with Crippen molar-refractivity contribution < 1.29 is 19.1 Å². The monoisotopic (exact) mass is 358 g/mol. The molecule has 0 atom stereocenters. The molecular formula is C18H22N4O4. The Kier molecular flexibility index (Phi) is 6.48. The summed E-state index contributed by atoms with van der Waals surface area (Å²) in [5, 5.41) is 2.71. The lowest BCUT2D eigenvalue weighted by molar-refractivity contribution is 0.0772. The second kappa shape index (κ2) is 8.80. The first-order valence-electron chi connectivity index (χ1n) is 8.18. The van der Waals surface area contributed by atoms with Gasteiger partial charge in [0.1, 0.15) is 5.69 Å². The van der Waals surface area contributed by atoms with Crippen molar-refractivity contribution in [2.24, 2.45) is 0 Å². The largest absolute Gasteiger partial charge is 0.493 e. The summed E-state index contributed by atoms with van der Waals surface area (Å²) < 4.78 is 10.7. The quantitative estimate of drug-likeness (QED) is 0.816. The predicted molar refractivity (Wildman–Crippen MR) is 96.8 cm³/mol. The Bertz CT molecular complexity index is 776. The number of aromatic nitrogens is 2. The fraction of sp³-hybridized carbons (Fsp3) is 0.333. The molecule has 1 heterocycles. The van der Waals surface area contributed by atoms with Crippen LogP contribution in [0.5, 0.6) is 11.5 Å². The molecular weight excluding hydrogens is 336 g/mol. The molecule has 1 aromatic heterocycles. The SMILES string of the molecule is CCN(CC)C(=O)c1cc(NC(=O)c2cnccn2)c(OC)c(OC)c1. The van der Waals surface area contributed by atoms with Crippen LogP contribution in [0.4, 0.5) is 5.69 Å². The lowest BCUT2D eigenvalue weighted by Gasteiger charge is -2.21. The summed E-state index contributed by atoms with van der Waals surface area (Å²) in [4.78, 5) is 34.6. The summed E-state index contributed by atoms with van der Waals surface area (Å²) in [5.41, 5.74) is 0.854. The Balaban J connectivity index is 2.44. The van der Waals surface area contributed by atoms with Gasteiger partial charge in [0.25, 0.3) is 11.8 Å². The molecule has 0 saturated heterocycles. The van der Waals surface area contributed by atoms with Crippen LogP contribution in [0.15, 0.2) is 30.7 Å². The number of nitrogens with zero attached hydrogens (tertiary/aromatic N) is 3. The average molecular weight is 358 g/mol. The van der Waals surface area contributed by atoms with Crippen LogP contribution in [0.3, 0.4) is 0 Å². The zero-order chi connectivity index (χ0) is 19.1. The van der Waals surface area contributed by atoms with Crippen LogP contribution in [0, 0.1) is 0 Å². The summed E-state index contributed by atoms with van der Waals surface area (Å²) in [7, 11) is 2.93. The van der Waals surface area contributed by atoms with E-state index in [1.165, 1.54) is 32.8 Å². The Morgan fingerprint density at radius 3 is 2.38 bits per heavy atom. The highest BCUT2D eigenvalue weighted by Crippen LogP contribution is 2.37. The summed E-state index contributed by atoms with van der Waals surface area (Å²) in [6, 6.07) is 3.16.